The van der Waals surface area contributed by atoms with Crippen LogP contribution in [0.15, 0.2) is 41.3 Å². The van der Waals surface area contributed by atoms with Gasteiger partial charge in [-0.1, -0.05) is 44.5 Å². The molecular formula is C23H31ClN2O3S. The normalized spacial score (nSPS) is 16.0. The Balaban J connectivity index is 1.85. The van der Waals surface area contributed by atoms with E-state index in [1.54, 1.807) is 16.4 Å². The third-order valence-corrected chi connectivity index (χ3v) is 7.81. The van der Waals surface area contributed by atoms with Gasteiger partial charge < -0.3 is 9.64 Å². The maximum atomic E-state index is 13.5. The number of rotatable bonds is 5. The third kappa shape index (κ3) is 4.76. The summed E-state index contributed by atoms with van der Waals surface area (Å²) in [5.74, 6) is 0.415. The van der Waals surface area contributed by atoms with Crippen molar-refractivity contribution in [1.82, 2.24) is 4.31 Å². The van der Waals surface area contributed by atoms with E-state index in [2.05, 4.69) is 25.7 Å². The van der Waals surface area contributed by atoms with E-state index in [9.17, 15) is 8.42 Å². The molecule has 1 heterocycles. The van der Waals surface area contributed by atoms with Crippen molar-refractivity contribution in [2.45, 2.75) is 44.9 Å². The Morgan fingerprint density at radius 3 is 2.27 bits per heavy atom. The van der Waals surface area contributed by atoms with Crippen LogP contribution in [0.2, 0.25) is 5.02 Å². The molecule has 2 aromatic rings. The molecule has 0 bridgehead atoms. The number of benzene rings is 2. The van der Waals surface area contributed by atoms with Gasteiger partial charge in [-0.05, 0) is 54.7 Å². The number of sulfonamides is 1. The molecule has 0 aliphatic carbocycles. The second-order valence-corrected chi connectivity index (χ2v) is 11.0. The molecule has 1 aliphatic heterocycles. The van der Waals surface area contributed by atoms with Crippen molar-refractivity contribution in [3.05, 3.63) is 52.5 Å². The zero-order valence-electron chi connectivity index (χ0n) is 18.4. The molecule has 0 atom stereocenters. The van der Waals surface area contributed by atoms with E-state index in [0.717, 1.165) is 21.8 Å². The molecule has 1 saturated heterocycles. The lowest BCUT2D eigenvalue weighted by Crippen LogP contribution is -2.48. The molecule has 1 fully saturated rings. The van der Waals surface area contributed by atoms with E-state index in [-0.39, 0.29) is 10.3 Å². The molecule has 0 aromatic heterocycles. The maximum Gasteiger partial charge on any atom is 0.246 e. The van der Waals surface area contributed by atoms with Crippen LogP contribution in [0.5, 0.6) is 5.75 Å². The Kier molecular flexibility index (Phi) is 6.70. The summed E-state index contributed by atoms with van der Waals surface area (Å²) in [7, 11) is -3.66. The van der Waals surface area contributed by atoms with E-state index in [0.29, 0.717) is 38.5 Å². The summed E-state index contributed by atoms with van der Waals surface area (Å²) in [6.07, 6.45) is 0. The lowest BCUT2D eigenvalue weighted by Gasteiger charge is -2.36. The van der Waals surface area contributed by atoms with Gasteiger partial charge in [-0.3, -0.25) is 0 Å². The Bertz CT molecular complexity index is 1010. The minimum absolute atomic E-state index is 0.154. The Morgan fingerprint density at radius 2 is 1.70 bits per heavy atom. The van der Waals surface area contributed by atoms with E-state index in [1.807, 2.05) is 38.1 Å². The van der Waals surface area contributed by atoms with Gasteiger partial charge in [0.15, 0.2) is 0 Å². The molecule has 5 nitrogen and oxygen atoms in total. The highest BCUT2D eigenvalue weighted by Crippen LogP contribution is 2.33. The SMILES string of the molecule is CCOc1ccc(C(C)(C)C)cc1S(=O)(=O)N1CCN(c2ccc(C)c(Cl)c2)CC1. The topological polar surface area (TPSA) is 49.9 Å². The van der Waals surface area contributed by atoms with Crippen molar-refractivity contribution in [1.29, 1.82) is 0 Å². The van der Waals surface area contributed by atoms with Crippen LogP contribution in [0, 0.1) is 6.92 Å². The molecule has 7 heteroatoms. The molecule has 0 N–H and O–H groups in total. The third-order valence-electron chi connectivity index (χ3n) is 5.49. The van der Waals surface area contributed by atoms with Crippen LogP contribution in [-0.4, -0.2) is 45.5 Å². The fourth-order valence-corrected chi connectivity index (χ4v) is 5.31. The zero-order valence-corrected chi connectivity index (χ0v) is 20.0. The van der Waals surface area contributed by atoms with Crippen LogP contribution in [0.1, 0.15) is 38.8 Å². The number of piperazine rings is 1. The Hall–Kier alpha value is -1.76. The molecule has 0 amide bonds. The average molecular weight is 451 g/mol. The van der Waals surface area contributed by atoms with Gasteiger partial charge in [-0.25, -0.2) is 8.42 Å². The first kappa shape index (κ1) is 22.9. The van der Waals surface area contributed by atoms with Gasteiger partial charge in [0, 0.05) is 36.9 Å². The monoisotopic (exact) mass is 450 g/mol. The summed E-state index contributed by atoms with van der Waals surface area (Å²) >= 11 is 6.27. The van der Waals surface area contributed by atoms with Gasteiger partial charge >= 0.3 is 0 Å². The van der Waals surface area contributed by atoms with Crippen molar-refractivity contribution >= 4 is 27.3 Å². The summed E-state index contributed by atoms with van der Waals surface area (Å²) in [6, 6.07) is 11.5. The number of ether oxygens (including phenoxy) is 1. The van der Waals surface area contributed by atoms with Gasteiger partial charge in [0.05, 0.1) is 6.61 Å². The predicted molar refractivity (Wildman–Crippen MR) is 123 cm³/mol. The largest absolute Gasteiger partial charge is 0.492 e. The van der Waals surface area contributed by atoms with Gasteiger partial charge in [0.1, 0.15) is 10.6 Å². The molecule has 2 aromatic carbocycles. The first-order valence-electron chi connectivity index (χ1n) is 10.3. The lowest BCUT2D eigenvalue weighted by molar-refractivity contribution is 0.327. The van der Waals surface area contributed by atoms with Crippen LogP contribution in [0.25, 0.3) is 0 Å². The number of halogens is 1. The predicted octanol–water partition coefficient (Wildman–Crippen LogP) is 4.86. The summed E-state index contributed by atoms with van der Waals surface area (Å²) < 4.78 is 34.2. The number of anilines is 1. The first-order chi connectivity index (χ1) is 14.0. The summed E-state index contributed by atoms with van der Waals surface area (Å²) in [6.45, 7) is 12.5. The van der Waals surface area contributed by atoms with Crippen molar-refractivity contribution in [3.8, 4) is 5.75 Å². The second-order valence-electron chi connectivity index (χ2n) is 8.67. The van der Waals surface area contributed by atoms with Crippen LogP contribution >= 0.6 is 11.6 Å². The highest BCUT2D eigenvalue weighted by molar-refractivity contribution is 7.89. The fraction of sp³-hybridized carbons (Fsp3) is 0.478. The van der Waals surface area contributed by atoms with Gasteiger partial charge in [0.2, 0.25) is 10.0 Å². The van der Waals surface area contributed by atoms with Crippen molar-refractivity contribution < 1.29 is 13.2 Å². The molecule has 0 unspecified atom stereocenters. The Morgan fingerprint density at radius 1 is 1.03 bits per heavy atom. The molecule has 164 valence electrons. The van der Waals surface area contributed by atoms with E-state index in [1.165, 1.54) is 0 Å². The van der Waals surface area contributed by atoms with Gasteiger partial charge in [-0.2, -0.15) is 4.31 Å². The molecule has 0 spiro atoms. The highest BCUT2D eigenvalue weighted by atomic mass is 35.5. The van der Waals surface area contributed by atoms with Crippen LogP contribution < -0.4 is 9.64 Å². The number of hydrogen-bond acceptors (Lipinski definition) is 4. The second kappa shape index (κ2) is 8.77. The van der Waals surface area contributed by atoms with E-state index in [4.69, 9.17) is 16.3 Å². The smallest absolute Gasteiger partial charge is 0.246 e. The minimum Gasteiger partial charge on any atom is -0.492 e. The number of hydrogen-bond donors (Lipinski definition) is 0. The van der Waals surface area contributed by atoms with E-state index < -0.39 is 10.0 Å². The molecule has 0 radical (unpaired) electrons. The van der Waals surface area contributed by atoms with Crippen LogP contribution in [0.3, 0.4) is 0 Å². The van der Waals surface area contributed by atoms with Crippen molar-refractivity contribution in [2.75, 3.05) is 37.7 Å². The van der Waals surface area contributed by atoms with Crippen molar-refractivity contribution in [2.24, 2.45) is 0 Å². The average Bonchev–Trinajstić information content (AvgIpc) is 2.70. The summed E-state index contributed by atoms with van der Waals surface area (Å²) in [5, 5.41) is 0.725. The first-order valence-corrected chi connectivity index (χ1v) is 12.1. The van der Waals surface area contributed by atoms with Crippen LogP contribution in [-0.2, 0) is 15.4 Å². The molecule has 1 aliphatic rings. The Labute approximate surface area is 185 Å². The zero-order chi connectivity index (χ0) is 22.1. The van der Waals surface area contributed by atoms with Gasteiger partial charge in [-0.15, -0.1) is 0 Å². The summed E-state index contributed by atoms with van der Waals surface area (Å²) in [4.78, 5) is 2.43. The quantitative estimate of drug-likeness (QED) is 0.653. The van der Waals surface area contributed by atoms with E-state index >= 15 is 0 Å². The lowest BCUT2D eigenvalue weighted by atomic mass is 9.87. The fourth-order valence-electron chi connectivity index (χ4n) is 3.56. The number of nitrogens with zero attached hydrogens (tertiary/aromatic N) is 2. The standard InChI is InChI=1S/C23H31ClN2O3S/c1-6-29-21-10-8-18(23(3,4)5)15-22(21)30(27,28)26-13-11-25(12-14-26)19-9-7-17(2)20(24)16-19/h7-10,15-16H,6,11-14H2,1-5H3. The van der Waals surface area contributed by atoms with Crippen LogP contribution in [0.4, 0.5) is 5.69 Å². The van der Waals surface area contributed by atoms with Crippen molar-refractivity contribution in [3.63, 3.8) is 0 Å². The highest BCUT2D eigenvalue weighted by Gasteiger charge is 2.32. The molecular weight excluding hydrogens is 420 g/mol. The maximum absolute atomic E-state index is 13.5. The molecule has 3 rings (SSSR count). The molecule has 30 heavy (non-hydrogen) atoms. The minimum atomic E-state index is -3.66. The van der Waals surface area contributed by atoms with Gasteiger partial charge in [0.25, 0.3) is 0 Å². The molecule has 0 saturated carbocycles. The summed E-state index contributed by atoms with van der Waals surface area (Å²) in [5.41, 5.74) is 2.87. The number of aryl methyl sites for hydroxylation is 1.